The van der Waals surface area contributed by atoms with Crippen molar-refractivity contribution in [3.8, 4) is 6.07 Å². The van der Waals surface area contributed by atoms with Gasteiger partial charge in [-0.05, 0) is 34.6 Å². The summed E-state index contributed by atoms with van der Waals surface area (Å²) in [6.07, 6.45) is 6.37. The van der Waals surface area contributed by atoms with Gasteiger partial charge in [0.1, 0.15) is 0 Å². The molecular formula is C13H19BN2O2. The van der Waals surface area contributed by atoms with E-state index in [0.29, 0.717) is 0 Å². The zero-order valence-electron chi connectivity index (χ0n) is 11.6. The van der Waals surface area contributed by atoms with Crippen LogP contribution in [0.25, 0.3) is 0 Å². The average Bonchev–Trinajstić information content (AvgIpc) is 2.48. The van der Waals surface area contributed by atoms with Crippen LogP contribution in [0.1, 0.15) is 34.6 Å². The van der Waals surface area contributed by atoms with E-state index in [0.717, 1.165) is 5.47 Å². The molecule has 4 nitrogen and oxygen atoms in total. The van der Waals surface area contributed by atoms with Crippen LogP contribution >= 0.6 is 0 Å². The predicted octanol–water partition coefficient (Wildman–Crippen LogP) is 2.67. The van der Waals surface area contributed by atoms with Gasteiger partial charge >= 0.3 is 7.12 Å². The molecular weight excluding hydrogens is 227 g/mol. The molecule has 1 aliphatic heterocycles. The van der Waals surface area contributed by atoms with Crippen molar-refractivity contribution in [1.29, 1.82) is 5.26 Å². The van der Waals surface area contributed by atoms with Gasteiger partial charge in [0.15, 0.2) is 0 Å². The van der Waals surface area contributed by atoms with Crippen LogP contribution in [-0.2, 0) is 9.31 Å². The minimum absolute atomic E-state index is 0.396. The van der Waals surface area contributed by atoms with E-state index in [1.165, 1.54) is 6.08 Å². The van der Waals surface area contributed by atoms with Gasteiger partial charge in [0.05, 0.1) is 17.3 Å². The Bertz CT molecular complexity index is 415. The largest absolute Gasteiger partial charge is 0.496 e. The van der Waals surface area contributed by atoms with Gasteiger partial charge in [-0.1, -0.05) is 6.08 Å². The SMILES string of the molecule is CC=N/C=C(\C=C\C#N)B1OC(C)(C)C(C)(C)O1. The lowest BCUT2D eigenvalue weighted by Gasteiger charge is -2.32. The molecule has 18 heavy (non-hydrogen) atoms. The lowest BCUT2D eigenvalue weighted by molar-refractivity contribution is 0.00578. The Morgan fingerprint density at radius 1 is 1.22 bits per heavy atom. The van der Waals surface area contributed by atoms with Gasteiger partial charge in [-0.25, -0.2) is 0 Å². The summed E-state index contributed by atoms with van der Waals surface area (Å²) in [6.45, 7) is 9.78. The molecule has 0 unspecified atom stereocenters. The second kappa shape index (κ2) is 5.51. The van der Waals surface area contributed by atoms with E-state index in [-0.39, 0.29) is 0 Å². The Morgan fingerprint density at radius 3 is 2.22 bits per heavy atom. The molecule has 0 bridgehead atoms. The summed E-state index contributed by atoms with van der Waals surface area (Å²) in [5.74, 6) is 0. The maximum Gasteiger partial charge on any atom is 0.496 e. The normalized spacial score (nSPS) is 22.9. The highest BCUT2D eigenvalue weighted by Gasteiger charge is 2.52. The van der Waals surface area contributed by atoms with Gasteiger partial charge in [-0.3, -0.25) is 4.99 Å². The monoisotopic (exact) mass is 246 g/mol. The first-order chi connectivity index (χ1) is 8.34. The second-order valence-electron chi connectivity index (χ2n) is 5.09. The quantitative estimate of drug-likeness (QED) is 0.333. The van der Waals surface area contributed by atoms with Crippen molar-refractivity contribution in [3.05, 3.63) is 23.8 Å². The molecule has 0 amide bonds. The molecule has 0 saturated carbocycles. The lowest BCUT2D eigenvalue weighted by atomic mass is 9.78. The maximum absolute atomic E-state index is 8.60. The Hall–Kier alpha value is -1.38. The minimum Gasteiger partial charge on any atom is -0.399 e. The number of nitriles is 1. The molecule has 1 rings (SSSR count). The third-order valence-corrected chi connectivity index (χ3v) is 3.25. The maximum atomic E-state index is 8.60. The number of hydrogen-bond acceptors (Lipinski definition) is 4. The van der Waals surface area contributed by atoms with Crippen molar-refractivity contribution in [3.63, 3.8) is 0 Å². The van der Waals surface area contributed by atoms with E-state index >= 15 is 0 Å². The number of aliphatic imine (C=N–C) groups is 1. The molecule has 0 N–H and O–H groups in total. The molecule has 0 atom stereocenters. The summed E-state index contributed by atoms with van der Waals surface area (Å²) in [5, 5.41) is 8.60. The van der Waals surface area contributed by atoms with Crippen molar-refractivity contribution in [2.75, 3.05) is 0 Å². The van der Waals surface area contributed by atoms with Gasteiger partial charge < -0.3 is 9.31 Å². The first-order valence-corrected chi connectivity index (χ1v) is 5.94. The van der Waals surface area contributed by atoms with Crippen molar-refractivity contribution in [1.82, 2.24) is 0 Å². The van der Waals surface area contributed by atoms with Crippen molar-refractivity contribution in [2.45, 2.75) is 45.8 Å². The number of nitrogens with zero attached hydrogens (tertiary/aromatic N) is 2. The molecule has 1 aliphatic rings. The van der Waals surface area contributed by atoms with Crippen LogP contribution < -0.4 is 0 Å². The van der Waals surface area contributed by atoms with E-state index in [1.54, 1.807) is 18.5 Å². The van der Waals surface area contributed by atoms with E-state index < -0.39 is 18.3 Å². The molecule has 96 valence electrons. The van der Waals surface area contributed by atoms with E-state index in [4.69, 9.17) is 14.6 Å². The topological polar surface area (TPSA) is 54.6 Å². The van der Waals surface area contributed by atoms with Crippen LogP contribution in [-0.4, -0.2) is 24.5 Å². The third kappa shape index (κ3) is 3.09. The highest BCUT2D eigenvalue weighted by Crippen LogP contribution is 2.38. The minimum atomic E-state index is -0.497. The Balaban J connectivity index is 2.98. The highest BCUT2D eigenvalue weighted by atomic mass is 16.7. The van der Waals surface area contributed by atoms with Crippen LogP contribution in [0.15, 0.2) is 28.8 Å². The standard InChI is InChI=1S/C13H19BN2O2/c1-6-16-10-11(8-7-9-15)14-17-12(2,3)13(4,5)18-14/h6-8,10H,1-5H3/b8-7+,11-10+,16-6?. The van der Waals surface area contributed by atoms with Crippen molar-refractivity contribution in [2.24, 2.45) is 4.99 Å². The highest BCUT2D eigenvalue weighted by molar-refractivity contribution is 6.55. The zero-order valence-corrected chi connectivity index (χ0v) is 11.6. The first-order valence-electron chi connectivity index (χ1n) is 5.94. The molecule has 0 aliphatic carbocycles. The van der Waals surface area contributed by atoms with Crippen molar-refractivity contribution < 1.29 is 9.31 Å². The summed E-state index contributed by atoms with van der Waals surface area (Å²) in [4.78, 5) is 4.06. The fraction of sp³-hybridized carbons (Fsp3) is 0.538. The predicted molar refractivity (Wildman–Crippen MR) is 73.1 cm³/mol. The molecule has 1 saturated heterocycles. The Morgan fingerprint density at radius 2 is 1.78 bits per heavy atom. The summed E-state index contributed by atoms with van der Waals surface area (Å²) in [7, 11) is -0.497. The van der Waals surface area contributed by atoms with Crippen molar-refractivity contribution >= 4 is 13.3 Å². The van der Waals surface area contributed by atoms with E-state index in [2.05, 4.69) is 4.99 Å². The first kappa shape index (κ1) is 14.7. The van der Waals surface area contributed by atoms with Crippen LogP contribution in [0.4, 0.5) is 0 Å². The van der Waals surface area contributed by atoms with Crippen LogP contribution in [0.5, 0.6) is 0 Å². The van der Waals surface area contributed by atoms with Gasteiger partial charge in [0, 0.05) is 24.0 Å². The van der Waals surface area contributed by atoms with E-state index in [9.17, 15) is 0 Å². The Kier molecular flexibility index (Phi) is 4.50. The summed E-state index contributed by atoms with van der Waals surface area (Å²) >= 11 is 0. The van der Waals surface area contributed by atoms with E-state index in [1.807, 2.05) is 40.7 Å². The average molecular weight is 246 g/mol. The van der Waals surface area contributed by atoms with Crippen LogP contribution in [0.3, 0.4) is 0 Å². The molecule has 1 fully saturated rings. The van der Waals surface area contributed by atoms with Crippen LogP contribution in [0.2, 0.25) is 0 Å². The fourth-order valence-corrected chi connectivity index (χ4v) is 1.46. The molecule has 5 heteroatoms. The summed E-state index contributed by atoms with van der Waals surface area (Å²) < 4.78 is 11.8. The smallest absolute Gasteiger partial charge is 0.399 e. The van der Waals surface area contributed by atoms with Gasteiger partial charge in [0.2, 0.25) is 0 Å². The third-order valence-electron chi connectivity index (χ3n) is 3.25. The molecule has 0 spiro atoms. The van der Waals surface area contributed by atoms with Gasteiger partial charge in [0.25, 0.3) is 0 Å². The van der Waals surface area contributed by atoms with Gasteiger partial charge in [-0.15, -0.1) is 0 Å². The summed E-state index contributed by atoms with van der Waals surface area (Å²) in [5.41, 5.74) is -0.0614. The number of allylic oxidation sites excluding steroid dienone is 3. The molecule has 0 aromatic rings. The fourth-order valence-electron chi connectivity index (χ4n) is 1.46. The zero-order chi connectivity index (χ0) is 13.8. The molecule has 0 radical (unpaired) electrons. The van der Waals surface area contributed by atoms with Crippen LogP contribution in [0, 0.1) is 11.3 Å². The van der Waals surface area contributed by atoms with Gasteiger partial charge in [-0.2, -0.15) is 5.26 Å². The number of hydrogen-bond donors (Lipinski definition) is 0. The Labute approximate surface area is 109 Å². The molecule has 0 aromatic carbocycles. The summed E-state index contributed by atoms with van der Waals surface area (Å²) in [6, 6.07) is 1.96. The molecule has 0 aromatic heterocycles. The second-order valence-corrected chi connectivity index (χ2v) is 5.09. The molecule has 1 heterocycles. The lowest BCUT2D eigenvalue weighted by Crippen LogP contribution is -2.41. The number of rotatable bonds is 3.